The van der Waals surface area contributed by atoms with Crippen LogP contribution < -0.4 is 10.6 Å². The van der Waals surface area contributed by atoms with Crippen molar-refractivity contribution in [2.75, 3.05) is 20.1 Å². The van der Waals surface area contributed by atoms with Gasteiger partial charge in [0.25, 0.3) is 0 Å². The van der Waals surface area contributed by atoms with Crippen molar-refractivity contribution in [1.82, 2.24) is 15.5 Å². The lowest BCUT2D eigenvalue weighted by molar-refractivity contribution is 0.295. The molecular weight excluding hydrogens is 411 g/mol. The number of halogens is 1. The van der Waals surface area contributed by atoms with Gasteiger partial charge in [0.2, 0.25) is 0 Å². The van der Waals surface area contributed by atoms with Gasteiger partial charge in [0.05, 0.1) is 0 Å². The topological polar surface area (TPSA) is 39.7 Å². The van der Waals surface area contributed by atoms with Gasteiger partial charge in [-0.3, -0.25) is 9.89 Å². The van der Waals surface area contributed by atoms with Crippen LogP contribution in [0.5, 0.6) is 0 Å². The fourth-order valence-electron chi connectivity index (χ4n) is 3.21. The van der Waals surface area contributed by atoms with Crippen LogP contribution in [-0.4, -0.2) is 37.0 Å². The summed E-state index contributed by atoms with van der Waals surface area (Å²) in [5, 5.41) is 7.03. The molecule has 1 saturated carbocycles. The van der Waals surface area contributed by atoms with E-state index in [4.69, 9.17) is 0 Å². The van der Waals surface area contributed by atoms with Gasteiger partial charge >= 0.3 is 0 Å². The summed E-state index contributed by atoms with van der Waals surface area (Å²) < 4.78 is 0. The lowest BCUT2D eigenvalue weighted by Gasteiger charge is -2.21. The van der Waals surface area contributed by atoms with Crippen molar-refractivity contribution in [2.45, 2.75) is 58.7 Å². The molecule has 0 aliphatic heterocycles. The molecule has 1 aromatic rings. The highest BCUT2D eigenvalue weighted by Crippen LogP contribution is 2.17. The molecule has 2 rings (SSSR count). The maximum absolute atomic E-state index is 4.37. The molecule has 0 bridgehead atoms. The highest BCUT2D eigenvalue weighted by Gasteiger charge is 2.16. The Balaban J connectivity index is 0.00000288. The Hall–Kier alpha value is -0.820. The first kappa shape index (κ1) is 21.2. The summed E-state index contributed by atoms with van der Waals surface area (Å²) in [6, 6.07) is 9.30. The highest BCUT2D eigenvalue weighted by atomic mass is 127. The number of benzene rings is 1. The molecule has 0 amide bonds. The maximum atomic E-state index is 4.37. The first-order chi connectivity index (χ1) is 11.3. The second-order valence-electron chi connectivity index (χ2n) is 6.28. The van der Waals surface area contributed by atoms with Crippen molar-refractivity contribution < 1.29 is 0 Å². The fraction of sp³-hybridized carbons (Fsp3) is 0.632. The van der Waals surface area contributed by atoms with Crippen LogP contribution in [0.3, 0.4) is 0 Å². The van der Waals surface area contributed by atoms with Crippen LogP contribution in [-0.2, 0) is 13.1 Å². The van der Waals surface area contributed by atoms with Crippen molar-refractivity contribution in [3.05, 3.63) is 35.4 Å². The fourth-order valence-corrected chi connectivity index (χ4v) is 3.21. The van der Waals surface area contributed by atoms with Crippen molar-refractivity contribution >= 4 is 29.9 Å². The van der Waals surface area contributed by atoms with Gasteiger partial charge in [-0.05, 0) is 37.1 Å². The van der Waals surface area contributed by atoms with Crippen LogP contribution in [0.15, 0.2) is 29.3 Å². The molecule has 0 radical (unpaired) electrons. The van der Waals surface area contributed by atoms with E-state index in [1.807, 2.05) is 7.05 Å². The zero-order chi connectivity index (χ0) is 16.5. The van der Waals surface area contributed by atoms with Crippen LogP contribution in [0.1, 0.15) is 50.7 Å². The maximum Gasteiger partial charge on any atom is 0.191 e. The number of nitrogens with zero attached hydrogens (tertiary/aromatic N) is 2. The highest BCUT2D eigenvalue weighted by molar-refractivity contribution is 14.0. The smallest absolute Gasteiger partial charge is 0.191 e. The molecule has 1 aromatic carbocycles. The zero-order valence-corrected chi connectivity index (χ0v) is 17.7. The number of nitrogens with one attached hydrogen (secondary N) is 2. The quantitative estimate of drug-likeness (QED) is 0.382. The van der Waals surface area contributed by atoms with Gasteiger partial charge in [-0.15, -0.1) is 24.0 Å². The number of hydrogen-bond acceptors (Lipinski definition) is 2. The minimum Gasteiger partial charge on any atom is -0.354 e. The van der Waals surface area contributed by atoms with Gasteiger partial charge in [0.1, 0.15) is 0 Å². The van der Waals surface area contributed by atoms with E-state index in [1.165, 1.54) is 36.8 Å². The summed E-state index contributed by atoms with van der Waals surface area (Å²) in [5.41, 5.74) is 2.76. The predicted octanol–water partition coefficient (Wildman–Crippen LogP) is 3.75. The molecule has 0 aromatic heterocycles. The first-order valence-corrected chi connectivity index (χ1v) is 9.03. The lowest BCUT2D eigenvalue weighted by Crippen LogP contribution is -2.42. The summed E-state index contributed by atoms with van der Waals surface area (Å²) in [5.74, 6) is 0.926. The minimum atomic E-state index is 0. The van der Waals surface area contributed by atoms with Gasteiger partial charge in [-0.1, -0.05) is 51.0 Å². The third-order valence-electron chi connectivity index (χ3n) is 4.77. The molecule has 1 fully saturated rings. The molecule has 2 N–H and O–H groups in total. The van der Waals surface area contributed by atoms with Gasteiger partial charge in [0.15, 0.2) is 5.96 Å². The molecule has 0 spiro atoms. The van der Waals surface area contributed by atoms with Crippen molar-refractivity contribution in [2.24, 2.45) is 4.99 Å². The van der Waals surface area contributed by atoms with E-state index in [0.29, 0.717) is 6.04 Å². The van der Waals surface area contributed by atoms with Gasteiger partial charge in [0, 0.05) is 26.2 Å². The van der Waals surface area contributed by atoms with E-state index in [1.54, 1.807) is 0 Å². The van der Waals surface area contributed by atoms with E-state index in [0.717, 1.165) is 32.1 Å². The van der Waals surface area contributed by atoms with Crippen molar-refractivity contribution in [1.29, 1.82) is 0 Å². The van der Waals surface area contributed by atoms with E-state index in [9.17, 15) is 0 Å². The molecule has 0 saturated heterocycles. The minimum absolute atomic E-state index is 0. The molecule has 24 heavy (non-hydrogen) atoms. The third kappa shape index (κ3) is 6.59. The summed E-state index contributed by atoms with van der Waals surface area (Å²) in [6.45, 7) is 8.45. The molecular formula is C19H33IN4. The zero-order valence-electron chi connectivity index (χ0n) is 15.3. The average Bonchev–Trinajstić information content (AvgIpc) is 3.10. The Labute approximate surface area is 164 Å². The number of guanidine groups is 1. The molecule has 0 heterocycles. The van der Waals surface area contributed by atoms with Crippen molar-refractivity contribution in [3.63, 3.8) is 0 Å². The normalized spacial score (nSPS) is 15.4. The summed E-state index contributed by atoms with van der Waals surface area (Å²) >= 11 is 0. The SMILES string of the molecule is CCN(CC)Cc1ccccc1CNC(=NC)NC1CCCC1.I. The number of rotatable bonds is 7. The second-order valence-corrected chi connectivity index (χ2v) is 6.28. The van der Waals surface area contributed by atoms with E-state index >= 15 is 0 Å². The Bertz CT molecular complexity index is 494. The molecule has 0 unspecified atom stereocenters. The lowest BCUT2D eigenvalue weighted by atomic mass is 10.1. The van der Waals surface area contributed by atoms with Gasteiger partial charge in [-0.25, -0.2) is 0 Å². The summed E-state index contributed by atoms with van der Waals surface area (Å²) in [6.07, 6.45) is 5.20. The predicted molar refractivity (Wildman–Crippen MR) is 114 cm³/mol. The van der Waals surface area contributed by atoms with Gasteiger partial charge in [-0.2, -0.15) is 0 Å². The van der Waals surface area contributed by atoms with Crippen molar-refractivity contribution in [3.8, 4) is 0 Å². The summed E-state index contributed by atoms with van der Waals surface area (Å²) in [4.78, 5) is 6.82. The van der Waals surface area contributed by atoms with Gasteiger partial charge < -0.3 is 10.6 Å². The van der Waals surface area contributed by atoms with Crippen LogP contribution in [0.25, 0.3) is 0 Å². The largest absolute Gasteiger partial charge is 0.354 e. The molecule has 136 valence electrons. The van der Waals surface area contributed by atoms with Crippen LogP contribution in [0.2, 0.25) is 0 Å². The number of aliphatic imine (C=N–C) groups is 1. The molecule has 1 aliphatic rings. The number of hydrogen-bond donors (Lipinski definition) is 2. The first-order valence-electron chi connectivity index (χ1n) is 9.03. The summed E-state index contributed by atoms with van der Waals surface area (Å²) in [7, 11) is 1.85. The molecule has 0 atom stereocenters. The monoisotopic (exact) mass is 444 g/mol. The van der Waals surface area contributed by atoms with E-state index < -0.39 is 0 Å². The van der Waals surface area contributed by atoms with Crippen LogP contribution >= 0.6 is 24.0 Å². The average molecular weight is 444 g/mol. The molecule has 4 nitrogen and oxygen atoms in total. The Kier molecular flexibility index (Phi) is 10.3. The molecule has 1 aliphatic carbocycles. The van der Waals surface area contributed by atoms with E-state index in [2.05, 4.69) is 58.6 Å². The van der Waals surface area contributed by atoms with Crippen LogP contribution in [0, 0.1) is 0 Å². The Morgan fingerprint density at radius 2 is 1.75 bits per heavy atom. The van der Waals surface area contributed by atoms with Crippen LogP contribution in [0.4, 0.5) is 0 Å². The Morgan fingerprint density at radius 1 is 1.12 bits per heavy atom. The third-order valence-corrected chi connectivity index (χ3v) is 4.77. The standard InChI is InChI=1S/C19H32N4.HI/c1-4-23(5-2)15-17-11-7-6-10-16(17)14-21-19(20-3)22-18-12-8-9-13-18;/h6-7,10-11,18H,4-5,8-9,12-15H2,1-3H3,(H2,20,21,22);1H. The molecule has 5 heteroatoms. The Morgan fingerprint density at radius 3 is 2.33 bits per heavy atom. The second kappa shape index (κ2) is 11.7. The van der Waals surface area contributed by atoms with E-state index in [-0.39, 0.29) is 24.0 Å².